The van der Waals surface area contributed by atoms with Crippen molar-refractivity contribution in [1.82, 2.24) is 20.0 Å². The SMILES string of the molecule is CN(C)CCN(C(=O)c1cn[nH]c1)C1CCCC1. The van der Waals surface area contributed by atoms with Crippen molar-refractivity contribution in [2.75, 3.05) is 27.2 Å². The Hall–Kier alpha value is -1.36. The van der Waals surface area contributed by atoms with Gasteiger partial charge in [-0.3, -0.25) is 9.89 Å². The van der Waals surface area contributed by atoms with E-state index in [2.05, 4.69) is 15.1 Å². The lowest BCUT2D eigenvalue weighted by atomic mass is 10.2. The van der Waals surface area contributed by atoms with Gasteiger partial charge in [-0.05, 0) is 26.9 Å². The molecule has 0 spiro atoms. The smallest absolute Gasteiger partial charge is 0.257 e. The molecule has 100 valence electrons. The van der Waals surface area contributed by atoms with E-state index in [1.54, 1.807) is 12.4 Å². The van der Waals surface area contributed by atoms with E-state index >= 15 is 0 Å². The van der Waals surface area contributed by atoms with Gasteiger partial charge in [0, 0.05) is 25.3 Å². The van der Waals surface area contributed by atoms with Crippen LogP contribution in [0.4, 0.5) is 0 Å². The normalized spacial score (nSPS) is 16.4. The summed E-state index contributed by atoms with van der Waals surface area (Å²) in [7, 11) is 4.07. The van der Waals surface area contributed by atoms with E-state index < -0.39 is 0 Å². The number of hydrogen-bond acceptors (Lipinski definition) is 3. The van der Waals surface area contributed by atoms with E-state index in [4.69, 9.17) is 0 Å². The summed E-state index contributed by atoms with van der Waals surface area (Å²) < 4.78 is 0. The number of carbonyl (C=O) groups excluding carboxylic acids is 1. The topological polar surface area (TPSA) is 52.2 Å². The van der Waals surface area contributed by atoms with Crippen LogP contribution < -0.4 is 0 Å². The maximum atomic E-state index is 12.5. The lowest BCUT2D eigenvalue weighted by Gasteiger charge is -2.29. The van der Waals surface area contributed by atoms with E-state index in [1.165, 1.54) is 12.8 Å². The fourth-order valence-electron chi connectivity index (χ4n) is 2.51. The monoisotopic (exact) mass is 250 g/mol. The zero-order valence-electron chi connectivity index (χ0n) is 11.2. The van der Waals surface area contributed by atoms with Crippen molar-refractivity contribution in [3.8, 4) is 0 Å². The van der Waals surface area contributed by atoms with Crippen molar-refractivity contribution in [3.63, 3.8) is 0 Å². The molecule has 0 atom stereocenters. The highest BCUT2D eigenvalue weighted by Gasteiger charge is 2.27. The third kappa shape index (κ3) is 3.10. The molecule has 1 aromatic heterocycles. The van der Waals surface area contributed by atoms with E-state index in [9.17, 15) is 4.79 Å². The first-order valence-corrected chi connectivity index (χ1v) is 6.63. The van der Waals surface area contributed by atoms with Crippen LogP contribution in [0.1, 0.15) is 36.0 Å². The highest BCUT2D eigenvalue weighted by Crippen LogP contribution is 2.24. The first kappa shape index (κ1) is 13.1. The summed E-state index contributed by atoms with van der Waals surface area (Å²) in [5, 5.41) is 6.58. The van der Waals surface area contributed by atoms with Gasteiger partial charge in [0.25, 0.3) is 5.91 Å². The van der Waals surface area contributed by atoms with Crippen LogP contribution in [0.3, 0.4) is 0 Å². The van der Waals surface area contributed by atoms with Gasteiger partial charge in [0.15, 0.2) is 0 Å². The molecule has 1 saturated carbocycles. The van der Waals surface area contributed by atoms with Crippen molar-refractivity contribution in [3.05, 3.63) is 18.0 Å². The molecule has 0 aromatic carbocycles. The molecule has 1 heterocycles. The van der Waals surface area contributed by atoms with E-state index in [1.807, 2.05) is 19.0 Å². The molecule has 0 bridgehead atoms. The number of aromatic nitrogens is 2. The zero-order valence-corrected chi connectivity index (χ0v) is 11.2. The molecule has 0 unspecified atom stereocenters. The van der Waals surface area contributed by atoms with Gasteiger partial charge in [0.05, 0.1) is 11.8 Å². The zero-order chi connectivity index (χ0) is 13.0. The number of H-pyrrole nitrogens is 1. The van der Waals surface area contributed by atoms with Gasteiger partial charge < -0.3 is 9.80 Å². The molecule has 0 radical (unpaired) electrons. The lowest BCUT2D eigenvalue weighted by Crippen LogP contribution is -2.42. The second kappa shape index (κ2) is 6.00. The van der Waals surface area contributed by atoms with Crippen LogP contribution in [0.5, 0.6) is 0 Å². The summed E-state index contributed by atoms with van der Waals surface area (Å²) in [6, 6.07) is 0.410. The van der Waals surface area contributed by atoms with Gasteiger partial charge in [-0.15, -0.1) is 0 Å². The number of amides is 1. The predicted octanol–water partition coefficient (Wildman–Crippen LogP) is 1.36. The summed E-state index contributed by atoms with van der Waals surface area (Å²) in [5.41, 5.74) is 0.667. The Labute approximate surface area is 108 Å². The highest BCUT2D eigenvalue weighted by atomic mass is 16.2. The Morgan fingerprint density at radius 3 is 2.67 bits per heavy atom. The summed E-state index contributed by atoms with van der Waals surface area (Å²) in [6.45, 7) is 1.70. The highest BCUT2D eigenvalue weighted by molar-refractivity contribution is 5.93. The van der Waals surface area contributed by atoms with Crippen LogP contribution in [0.2, 0.25) is 0 Å². The van der Waals surface area contributed by atoms with Crippen LogP contribution in [0.15, 0.2) is 12.4 Å². The largest absolute Gasteiger partial charge is 0.334 e. The van der Waals surface area contributed by atoms with Gasteiger partial charge in [0.1, 0.15) is 0 Å². The predicted molar refractivity (Wildman–Crippen MR) is 70.4 cm³/mol. The molecule has 1 N–H and O–H groups in total. The van der Waals surface area contributed by atoms with Gasteiger partial charge >= 0.3 is 0 Å². The molecule has 0 aliphatic heterocycles. The van der Waals surface area contributed by atoms with Crippen molar-refractivity contribution < 1.29 is 4.79 Å². The third-order valence-electron chi connectivity index (χ3n) is 3.56. The fourth-order valence-corrected chi connectivity index (χ4v) is 2.51. The number of likely N-dealkylation sites (N-methyl/N-ethyl adjacent to an activating group) is 1. The molecule has 1 aliphatic rings. The van der Waals surface area contributed by atoms with Crippen LogP contribution in [0, 0.1) is 0 Å². The molecular formula is C13H22N4O. The standard InChI is InChI=1S/C13H22N4O/c1-16(2)7-8-17(12-5-3-4-6-12)13(18)11-9-14-15-10-11/h9-10,12H,3-8H2,1-2H3,(H,14,15). The van der Waals surface area contributed by atoms with Crippen LogP contribution in [-0.4, -0.2) is 59.1 Å². The summed E-state index contributed by atoms with van der Waals surface area (Å²) in [4.78, 5) is 16.6. The maximum Gasteiger partial charge on any atom is 0.257 e. The minimum atomic E-state index is 0.109. The fraction of sp³-hybridized carbons (Fsp3) is 0.692. The van der Waals surface area contributed by atoms with Crippen molar-refractivity contribution in [2.45, 2.75) is 31.7 Å². The molecule has 1 aliphatic carbocycles. The van der Waals surface area contributed by atoms with Crippen LogP contribution >= 0.6 is 0 Å². The van der Waals surface area contributed by atoms with Gasteiger partial charge in [-0.2, -0.15) is 5.10 Å². The van der Waals surface area contributed by atoms with Crippen LogP contribution in [0.25, 0.3) is 0 Å². The number of rotatable bonds is 5. The molecule has 1 fully saturated rings. The minimum absolute atomic E-state index is 0.109. The van der Waals surface area contributed by atoms with Gasteiger partial charge in [0.2, 0.25) is 0 Å². The number of aromatic amines is 1. The second-order valence-electron chi connectivity index (χ2n) is 5.23. The second-order valence-corrected chi connectivity index (χ2v) is 5.23. The average Bonchev–Trinajstić information content (AvgIpc) is 3.01. The van der Waals surface area contributed by atoms with E-state index in [0.717, 1.165) is 25.9 Å². The first-order chi connectivity index (χ1) is 8.68. The van der Waals surface area contributed by atoms with Crippen LogP contribution in [-0.2, 0) is 0 Å². The van der Waals surface area contributed by atoms with Gasteiger partial charge in [-0.25, -0.2) is 0 Å². The Bertz CT molecular complexity index is 368. The maximum absolute atomic E-state index is 12.5. The molecule has 2 rings (SSSR count). The Kier molecular flexibility index (Phi) is 4.36. The number of nitrogens with one attached hydrogen (secondary N) is 1. The quantitative estimate of drug-likeness (QED) is 0.858. The minimum Gasteiger partial charge on any atom is -0.334 e. The Balaban J connectivity index is 2.05. The van der Waals surface area contributed by atoms with Crippen molar-refractivity contribution in [2.24, 2.45) is 0 Å². The van der Waals surface area contributed by atoms with Gasteiger partial charge in [-0.1, -0.05) is 12.8 Å². The molecule has 1 amide bonds. The summed E-state index contributed by atoms with van der Waals surface area (Å²) in [6.07, 6.45) is 8.04. The molecule has 18 heavy (non-hydrogen) atoms. The Morgan fingerprint density at radius 2 is 2.11 bits per heavy atom. The van der Waals surface area contributed by atoms with E-state index in [0.29, 0.717) is 11.6 Å². The summed E-state index contributed by atoms with van der Waals surface area (Å²) in [5.74, 6) is 0.109. The van der Waals surface area contributed by atoms with E-state index in [-0.39, 0.29) is 5.91 Å². The Morgan fingerprint density at radius 1 is 1.39 bits per heavy atom. The molecule has 1 aromatic rings. The number of nitrogens with zero attached hydrogens (tertiary/aromatic N) is 3. The number of carbonyl (C=O) groups is 1. The number of hydrogen-bond donors (Lipinski definition) is 1. The molecule has 5 nitrogen and oxygen atoms in total. The van der Waals surface area contributed by atoms with Crippen molar-refractivity contribution in [1.29, 1.82) is 0 Å². The molecule has 0 saturated heterocycles. The summed E-state index contributed by atoms with van der Waals surface area (Å²) >= 11 is 0. The lowest BCUT2D eigenvalue weighted by molar-refractivity contribution is 0.0668. The average molecular weight is 250 g/mol. The van der Waals surface area contributed by atoms with Crippen molar-refractivity contribution >= 4 is 5.91 Å². The molecular weight excluding hydrogens is 228 g/mol. The molecule has 5 heteroatoms. The third-order valence-corrected chi connectivity index (χ3v) is 3.56. The first-order valence-electron chi connectivity index (χ1n) is 6.63.